The molecule has 26 heavy (non-hydrogen) atoms. The van der Waals surface area contributed by atoms with Crippen molar-refractivity contribution in [3.63, 3.8) is 0 Å². The number of hydrogen-bond donors (Lipinski definition) is 2. The molecule has 7 nitrogen and oxygen atoms in total. The molecule has 2 N–H and O–H groups in total. The predicted molar refractivity (Wildman–Crippen MR) is 100 cm³/mol. The molecule has 0 fully saturated rings. The van der Waals surface area contributed by atoms with Crippen molar-refractivity contribution in [2.24, 2.45) is 0 Å². The molecule has 0 aliphatic rings. The van der Waals surface area contributed by atoms with Gasteiger partial charge in [-0.3, -0.25) is 9.52 Å². The van der Waals surface area contributed by atoms with Crippen LogP contribution in [-0.2, 0) is 14.8 Å². The minimum Gasteiger partial charge on any atom is -0.495 e. The van der Waals surface area contributed by atoms with E-state index in [1.807, 2.05) is 6.92 Å². The molecule has 0 unspecified atom stereocenters. The van der Waals surface area contributed by atoms with Gasteiger partial charge in [0.2, 0.25) is 5.91 Å². The van der Waals surface area contributed by atoms with Crippen LogP contribution in [0.3, 0.4) is 0 Å². The summed E-state index contributed by atoms with van der Waals surface area (Å²) in [6.07, 6.45) is 0.290. The lowest BCUT2D eigenvalue weighted by atomic mass is 10.3. The fourth-order valence-corrected chi connectivity index (χ4v) is 3.46. The molecule has 0 spiro atoms. The third kappa shape index (κ3) is 4.89. The van der Waals surface area contributed by atoms with Crippen LogP contribution in [-0.4, -0.2) is 28.0 Å². The number of nitrogens with one attached hydrogen (secondary N) is 2. The predicted octanol–water partition coefficient (Wildman–Crippen LogP) is 3.24. The molecule has 0 atom stereocenters. The summed E-state index contributed by atoms with van der Waals surface area (Å²) < 4.78 is 38.5. The first-order valence-corrected chi connectivity index (χ1v) is 9.61. The number of sulfonamides is 1. The third-order valence-corrected chi connectivity index (χ3v) is 4.88. The Hall–Kier alpha value is -2.74. The number of ether oxygens (including phenoxy) is 2. The minimum absolute atomic E-state index is 0.0669. The van der Waals surface area contributed by atoms with Gasteiger partial charge in [0, 0.05) is 17.8 Å². The average molecular weight is 378 g/mol. The molecule has 140 valence electrons. The van der Waals surface area contributed by atoms with Crippen LogP contribution in [0, 0.1) is 0 Å². The summed E-state index contributed by atoms with van der Waals surface area (Å²) >= 11 is 0. The van der Waals surface area contributed by atoms with Crippen LogP contribution in [0.2, 0.25) is 0 Å². The van der Waals surface area contributed by atoms with Gasteiger partial charge in [0.05, 0.1) is 13.7 Å². The molecule has 0 aliphatic heterocycles. The van der Waals surface area contributed by atoms with Crippen LogP contribution < -0.4 is 19.5 Å². The molecule has 0 bridgehead atoms. The maximum Gasteiger partial charge on any atom is 0.265 e. The van der Waals surface area contributed by atoms with E-state index in [9.17, 15) is 13.2 Å². The summed E-state index contributed by atoms with van der Waals surface area (Å²) in [7, 11) is -2.53. The van der Waals surface area contributed by atoms with E-state index >= 15 is 0 Å². The van der Waals surface area contributed by atoms with Crippen LogP contribution in [0.15, 0.2) is 47.4 Å². The quantitative estimate of drug-likeness (QED) is 0.735. The van der Waals surface area contributed by atoms with Gasteiger partial charge in [0.1, 0.15) is 16.4 Å². The molecule has 8 heteroatoms. The van der Waals surface area contributed by atoms with E-state index in [-0.39, 0.29) is 16.6 Å². The van der Waals surface area contributed by atoms with Gasteiger partial charge in [-0.2, -0.15) is 0 Å². The molecule has 0 saturated heterocycles. The van der Waals surface area contributed by atoms with Gasteiger partial charge in [-0.25, -0.2) is 8.42 Å². The summed E-state index contributed by atoms with van der Waals surface area (Å²) in [5.74, 6) is 0.619. The Morgan fingerprint density at radius 1 is 1.04 bits per heavy atom. The van der Waals surface area contributed by atoms with Crippen molar-refractivity contribution in [1.29, 1.82) is 0 Å². The Balaban J connectivity index is 2.31. The van der Waals surface area contributed by atoms with Crippen molar-refractivity contribution >= 4 is 27.3 Å². The maximum absolute atomic E-state index is 12.8. The SMILES string of the molecule is CCOc1ccc(NS(=O)(=O)c2cc(NC(=O)CC)ccc2OC)cc1. The fourth-order valence-electron chi connectivity index (χ4n) is 2.21. The van der Waals surface area contributed by atoms with Gasteiger partial charge >= 0.3 is 0 Å². The van der Waals surface area contributed by atoms with E-state index in [2.05, 4.69) is 10.0 Å². The van der Waals surface area contributed by atoms with Gasteiger partial charge in [0.15, 0.2) is 0 Å². The molecule has 2 aromatic carbocycles. The van der Waals surface area contributed by atoms with Crippen molar-refractivity contribution in [2.75, 3.05) is 23.8 Å². The molecule has 2 rings (SSSR count). The molecule has 1 amide bonds. The Bertz CT molecular complexity index is 864. The second-order valence-corrected chi connectivity index (χ2v) is 6.98. The number of carbonyl (C=O) groups is 1. The Labute approximate surface area is 153 Å². The Morgan fingerprint density at radius 2 is 1.69 bits per heavy atom. The van der Waals surface area contributed by atoms with E-state index < -0.39 is 10.0 Å². The lowest BCUT2D eigenvalue weighted by Gasteiger charge is -2.14. The van der Waals surface area contributed by atoms with Crippen molar-refractivity contribution in [3.05, 3.63) is 42.5 Å². The zero-order valence-electron chi connectivity index (χ0n) is 14.9. The Morgan fingerprint density at radius 3 is 2.27 bits per heavy atom. The van der Waals surface area contributed by atoms with Crippen molar-refractivity contribution in [1.82, 2.24) is 0 Å². The second kappa shape index (κ2) is 8.57. The number of hydrogen-bond acceptors (Lipinski definition) is 5. The number of carbonyl (C=O) groups excluding carboxylic acids is 1. The van der Waals surface area contributed by atoms with E-state index in [0.29, 0.717) is 30.2 Å². The van der Waals surface area contributed by atoms with E-state index in [1.54, 1.807) is 37.3 Å². The highest BCUT2D eigenvalue weighted by Gasteiger charge is 2.21. The number of rotatable bonds is 8. The monoisotopic (exact) mass is 378 g/mol. The summed E-state index contributed by atoms with van der Waals surface area (Å²) in [4.78, 5) is 11.5. The smallest absolute Gasteiger partial charge is 0.265 e. The molecular weight excluding hydrogens is 356 g/mol. The fraction of sp³-hybridized carbons (Fsp3) is 0.278. The first-order chi connectivity index (χ1) is 12.4. The Kier molecular flexibility index (Phi) is 6.46. The normalized spacial score (nSPS) is 10.9. The number of benzene rings is 2. The molecular formula is C18H22N2O5S. The van der Waals surface area contributed by atoms with Crippen LogP contribution in [0.1, 0.15) is 20.3 Å². The van der Waals surface area contributed by atoms with Crippen LogP contribution in [0.4, 0.5) is 11.4 Å². The molecule has 0 saturated carbocycles. The minimum atomic E-state index is -3.91. The first kappa shape index (κ1) is 19.6. The summed E-state index contributed by atoms with van der Waals surface area (Å²) in [5, 5.41) is 2.64. The largest absolute Gasteiger partial charge is 0.495 e. The topological polar surface area (TPSA) is 93.7 Å². The van der Waals surface area contributed by atoms with Gasteiger partial charge in [0.25, 0.3) is 10.0 Å². The molecule has 0 heterocycles. The van der Waals surface area contributed by atoms with Crippen LogP contribution >= 0.6 is 0 Å². The summed E-state index contributed by atoms with van der Waals surface area (Å²) in [6.45, 7) is 4.11. The first-order valence-electron chi connectivity index (χ1n) is 8.13. The van der Waals surface area contributed by atoms with Crippen LogP contribution in [0.25, 0.3) is 0 Å². The lowest BCUT2D eigenvalue weighted by molar-refractivity contribution is -0.115. The van der Waals surface area contributed by atoms with E-state index in [0.717, 1.165) is 0 Å². The molecule has 0 radical (unpaired) electrons. The number of methoxy groups -OCH3 is 1. The lowest BCUT2D eigenvalue weighted by Crippen LogP contribution is -2.15. The van der Waals surface area contributed by atoms with Gasteiger partial charge < -0.3 is 14.8 Å². The van der Waals surface area contributed by atoms with Gasteiger partial charge in [-0.05, 0) is 49.4 Å². The zero-order valence-corrected chi connectivity index (χ0v) is 15.7. The molecule has 2 aromatic rings. The highest BCUT2D eigenvalue weighted by molar-refractivity contribution is 7.92. The van der Waals surface area contributed by atoms with Gasteiger partial charge in [-0.1, -0.05) is 6.92 Å². The summed E-state index contributed by atoms with van der Waals surface area (Å²) in [5.41, 5.74) is 0.767. The van der Waals surface area contributed by atoms with Crippen molar-refractivity contribution < 1.29 is 22.7 Å². The third-order valence-electron chi connectivity index (χ3n) is 3.48. The van der Waals surface area contributed by atoms with Crippen molar-refractivity contribution in [3.8, 4) is 11.5 Å². The van der Waals surface area contributed by atoms with Gasteiger partial charge in [-0.15, -0.1) is 0 Å². The van der Waals surface area contributed by atoms with Crippen molar-refractivity contribution in [2.45, 2.75) is 25.2 Å². The zero-order chi connectivity index (χ0) is 19.2. The standard InChI is InChI=1S/C18H22N2O5S/c1-4-18(21)19-14-8-11-16(24-3)17(12-14)26(22,23)20-13-6-9-15(10-7-13)25-5-2/h6-12,20H,4-5H2,1-3H3,(H,19,21). The highest BCUT2D eigenvalue weighted by Crippen LogP contribution is 2.29. The second-order valence-electron chi connectivity index (χ2n) is 5.33. The average Bonchev–Trinajstić information content (AvgIpc) is 2.63. The maximum atomic E-state index is 12.8. The highest BCUT2D eigenvalue weighted by atomic mass is 32.2. The molecule has 0 aliphatic carbocycles. The van der Waals surface area contributed by atoms with Crippen LogP contribution in [0.5, 0.6) is 11.5 Å². The van der Waals surface area contributed by atoms with E-state index in [4.69, 9.17) is 9.47 Å². The molecule has 0 aromatic heterocycles. The number of amides is 1. The summed E-state index contributed by atoms with van der Waals surface area (Å²) in [6, 6.07) is 11.0. The number of anilines is 2. The van der Waals surface area contributed by atoms with E-state index in [1.165, 1.54) is 19.2 Å².